The van der Waals surface area contributed by atoms with Crippen molar-refractivity contribution in [2.24, 2.45) is 0 Å². The van der Waals surface area contributed by atoms with Crippen LogP contribution >= 0.6 is 7.82 Å². The summed E-state index contributed by atoms with van der Waals surface area (Å²) in [6.07, 6.45) is 19.0. The number of unbranched alkanes of at least 4 members (excludes halogenated alkanes) is 5. The Labute approximate surface area is 302 Å². The minimum absolute atomic E-state index is 0.0523. The first kappa shape index (κ1) is 46.3. The molecule has 1 aliphatic carbocycles. The number of aliphatic hydroxyl groups is 5. The summed E-state index contributed by atoms with van der Waals surface area (Å²) in [5, 5.41) is 49.8. The smallest absolute Gasteiger partial charge is 0.461 e. The fourth-order valence-electron chi connectivity index (χ4n) is 4.76. The highest BCUT2D eigenvalue weighted by molar-refractivity contribution is 7.47. The predicted octanol–water partition coefficient (Wildman–Crippen LogP) is 4.82. The van der Waals surface area contributed by atoms with E-state index in [0.29, 0.717) is 12.8 Å². The summed E-state index contributed by atoms with van der Waals surface area (Å²) in [5.41, 5.74) is 0. The van der Waals surface area contributed by atoms with Crippen molar-refractivity contribution in [2.75, 3.05) is 13.2 Å². The third-order valence-corrected chi connectivity index (χ3v) is 8.62. The molecule has 290 valence electrons. The number of aliphatic hydroxyl groups excluding tert-OH is 5. The van der Waals surface area contributed by atoms with Gasteiger partial charge < -0.3 is 39.9 Å². The maximum absolute atomic E-state index is 12.7. The Morgan fingerprint density at radius 2 is 1.20 bits per heavy atom. The fraction of sp³-hybridized carbons (Fsp3) is 0.622. The molecule has 0 aromatic rings. The summed E-state index contributed by atoms with van der Waals surface area (Å²) in [6.45, 7) is 2.86. The van der Waals surface area contributed by atoms with Crippen LogP contribution in [-0.4, -0.2) is 98.3 Å². The molecule has 0 radical (unpaired) electrons. The van der Waals surface area contributed by atoms with Crippen LogP contribution in [0.2, 0.25) is 0 Å². The van der Waals surface area contributed by atoms with Gasteiger partial charge in [-0.05, 0) is 44.9 Å². The Morgan fingerprint density at radius 1 is 0.647 bits per heavy atom. The molecule has 0 aromatic heterocycles. The average molecular weight is 743 g/mol. The van der Waals surface area contributed by atoms with Crippen molar-refractivity contribution < 1.29 is 63.1 Å². The van der Waals surface area contributed by atoms with Gasteiger partial charge in [-0.1, -0.05) is 106 Å². The van der Waals surface area contributed by atoms with Crippen LogP contribution in [0, 0.1) is 0 Å². The number of hydrogen-bond donors (Lipinski definition) is 6. The Kier molecular flexibility index (Phi) is 25.3. The van der Waals surface area contributed by atoms with Gasteiger partial charge in [0.2, 0.25) is 0 Å². The third-order valence-electron chi connectivity index (χ3n) is 7.64. The Balaban J connectivity index is 2.65. The molecule has 0 aromatic carbocycles. The molecule has 6 N–H and O–H groups in total. The number of rotatable bonds is 26. The molecule has 8 atom stereocenters. The van der Waals surface area contributed by atoms with Gasteiger partial charge in [0.15, 0.2) is 6.10 Å². The Bertz CT molecular complexity index is 1180. The summed E-state index contributed by atoms with van der Waals surface area (Å²) < 4.78 is 33.1. The van der Waals surface area contributed by atoms with E-state index in [4.69, 9.17) is 18.5 Å². The van der Waals surface area contributed by atoms with Crippen LogP contribution in [0.15, 0.2) is 72.9 Å². The van der Waals surface area contributed by atoms with Gasteiger partial charge in [-0.15, -0.1) is 0 Å². The van der Waals surface area contributed by atoms with Gasteiger partial charge in [0.05, 0.1) is 13.0 Å². The number of phosphoric ester groups is 1. The summed E-state index contributed by atoms with van der Waals surface area (Å²) in [5.74, 6) is -1.28. The zero-order valence-electron chi connectivity index (χ0n) is 29.9. The highest BCUT2D eigenvalue weighted by atomic mass is 31.2. The normalized spacial score (nSPS) is 24.8. The second-order valence-electron chi connectivity index (χ2n) is 12.0. The monoisotopic (exact) mass is 742 g/mol. The molecule has 0 saturated heterocycles. The molecule has 0 spiro atoms. The van der Waals surface area contributed by atoms with E-state index < -0.39 is 75.7 Å². The van der Waals surface area contributed by atoms with Crippen LogP contribution in [0.4, 0.5) is 0 Å². The lowest BCUT2D eigenvalue weighted by Gasteiger charge is -2.41. The van der Waals surface area contributed by atoms with E-state index in [1.54, 1.807) is 12.2 Å². The summed E-state index contributed by atoms with van der Waals surface area (Å²) in [6, 6.07) is 0. The van der Waals surface area contributed by atoms with Gasteiger partial charge in [0.25, 0.3) is 0 Å². The summed E-state index contributed by atoms with van der Waals surface area (Å²) >= 11 is 0. The zero-order valence-corrected chi connectivity index (χ0v) is 30.8. The molecule has 0 amide bonds. The zero-order chi connectivity index (χ0) is 37.9. The van der Waals surface area contributed by atoms with Crippen LogP contribution in [0.3, 0.4) is 0 Å². The first-order valence-electron chi connectivity index (χ1n) is 17.8. The van der Waals surface area contributed by atoms with Crippen LogP contribution in [0.25, 0.3) is 0 Å². The molecule has 13 nitrogen and oxygen atoms in total. The number of phosphoric acid groups is 1. The summed E-state index contributed by atoms with van der Waals surface area (Å²) in [4.78, 5) is 35.2. The van der Waals surface area contributed by atoms with Gasteiger partial charge in [0, 0.05) is 6.42 Å². The highest BCUT2D eigenvalue weighted by Crippen LogP contribution is 2.47. The maximum atomic E-state index is 12.7. The van der Waals surface area contributed by atoms with E-state index in [0.717, 1.165) is 51.4 Å². The molecule has 14 heteroatoms. The van der Waals surface area contributed by atoms with Gasteiger partial charge in [0.1, 0.15) is 43.2 Å². The number of carbonyl (C=O) groups excluding carboxylic acids is 2. The number of esters is 2. The molecule has 1 aliphatic rings. The van der Waals surface area contributed by atoms with Crippen LogP contribution in [0.5, 0.6) is 0 Å². The van der Waals surface area contributed by atoms with Gasteiger partial charge in [-0.25, -0.2) is 4.57 Å². The van der Waals surface area contributed by atoms with E-state index in [1.807, 2.05) is 36.5 Å². The standard InChI is InChI=1S/C37H59O13P/c1-3-5-7-9-11-13-14-15-16-18-20-22-24-26-31(39)49-29(27-47-30(38)25-23-21-19-17-12-10-8-6-4-2)28-48-51(45,46)50-37-35(43)33(41)32(40)34(42)36(37)44/h5-9,11-14,17,21,23,29,32-37,40-44H,3-4,10,15-16,18-20,22,24-28H2,1-2H3,(H,45,46)/b7-5+,8-6+,11-9+,14-13+,17-12+,23-21+/t29?,32?,33-,34?,35?,36?,37?/m1/s1. The van der Waals surface area contributed by atoms with Crippen molar-refractivity contribution in [2.45, 2.75) is 134 Å². The van der Waals surface area contributed by atoms with Crippen LogP contribution in [0.1, 0.15) is 90.9 Å². The van der Waals surface area contributed by atoms with Gasteiger partial charge in [-0.3, -0.25) is 18.6 Å². The molecule has 0 aliphatic heterocycles. The van der Waals surface area contributed by atoms with E-state index in [-0.39, 0.29) is 12.8 Å². The lowest BCUT2D eigenvalue weighted by atomic mass is 9.85. The highest BCUT2D eigenvalue weighted by Gasteiger charge is 2.51. The Hall–Kier alpha value is -2.71. The molecule has 0 bridgehead atoms. The second kappa shape index (κ2) is 27.9. The van der Waals surface area contributed by atoms with Gasteiger partial charge in [-0.2, -0.15) is 0 Å². The average Bonchev–Trinajstić information content (AvgIpc) is 3.10. The van der Waals surface area contributed by atoms with Crippen molar-refractivity contribution in [3.05, 3.63) is 72.9 Å². The molecule has 51 heavy (non-hydrogen) atoms. The minimum Gasteiger partial charge on any atom is -0.461 e. The quantitative estimate of drug-likeness (QED) is 0.0231. The first-order chi connectivity index (χ1) is 24.4. The summed E-state index contributed by atoms with van der Waals surface area (Å²) in [7, 11) is -5.13. The topological polar surface area (TPSA) is 210 Å². The molecular weight excluding hydrogens is 683 g/mol. The number of carbonyl (C=O) groups is 2. The fourth-order valence-corrected chi connectivity index (χ4v) is 5.73. The SMILES string of the molecule is CC/C=C/C=C/C=C/CCCCCCCC(=O)OC(COC(=O)C/C=C/C/C=C/C/C=C/CC)COP(=O)(O)OC1C(O)C(O)C(O)[C@@H](O)C1O. The van der Waals surface area contributed by atoms with Crippen LogP contribution in [-0.2, 0) is 32.7 Å². The van der Waals surface area contributed by atoms with E-state index in [9.17, 15) is 44.6 Å². The van der Waals surface area contributed by atoms with Crippen molar-refractivity contribution in [1.29, 1.82) is 0 Å². The predicted molar refractivity (Wildman–Crippen MR) is 193 cm³/mol. The molecule has 7 unspecified atom stereocenters. The molecular formula is C37H59O13P. The molecule has 1 fully saturated rings. The van der Waals surface area contributed by atoms with Crippen molar-refractivity contribution in [3.8, 4) is 0 Å². The van der Waals surface area contributed by atoms with E-state index in [2.05, 4.69) is 38.2 Å². The number of hydrogen-bond acceptors (Lipinski definition) is 12. The Morgan fingerprint density at radius 3 is 1.84 bits per heavy atom. The first-order valence-corrected chi connectivity index (χ1v) is 19.3. The van der Waals surface area contributed by atoms with Crippen molar-refractivity contribution in [1.82, 2.24) is 0 Å². The maximum Gasteiger partial charge on any atom is 0.472 e. The second-order valence-corrected chi connectivity index (χ2v) is 13.4. The molecule has 0 heterocycles. The van der Waals surface area contributed by atoms with Crippen molar-refractivity contribution >= 4 is 19.8 Å². The van der Waals surface area contributed by atoms with Crippen LogP contribution < -0.4 is 0 Å². The minimum atomic E-state index is -5.13. The number of ether oxygens (including phenoxy) is 2. The van der Waals surface area contributed by atoms with Crippen molar-refractivity contribution in [3.63, 3.8) is 0 Å². The number of allylic oxidation sites excluding steroid dienone is 11. The molecule has 1 rings (SSSR count). The third kappa shape index (κ3) is 21.4. The van der Waals surface area contributed by atoms with Gasteiger partial charge >= 0.3 is 19.8 Å². The molecule has 1 saturated carbocycles. The van der Waals surface area contributed by atoms with E-state index >= 15 is 0 Å². The lowest BCUT2D eigenvalue weighted by Crippen LogP contribution is -2.64. The van der Waals surface area contributed by atoms with E-state index in [1.165, 1.54) is 0 Å². The largest absolute Gasteiger partial charge is 0.472 e. The lowest BCUT2D eigenvalue weighted by molar-refractivity contribution is -0.220.